The second-order valence-electron chi connectivity index (χ2n) is 6.37. The van der Waals surface area contributed by atoms with E-state index < -0.39 is 9.84 Å². The van der Waals surface area contributed by atoms with Gasteiger partial charge in [0, 0.05) is 51.6 Å². The average Bonchev–Trinajstić information content (AvgIpc) is 3.02. The van der Waals surface area contributed by atoms with Crippen LogP contribution in [0.2, 0.25) is 0 Å². The molecule has 2 saturated heterocycles. The lowest BCUT2D eigenvalue weighted by molar-refractivity contribution is 0.0981. The molecule has 2 aliphatic rings. The fourth-order valence-electron chi connectivity index (χ4n) is 3.34. The van der Waals surface area contributed by atoms with Crippen molar-refractivity contribution < 1.29 is 8.42 Å². The van der Waals surface area contributed by atoms with E-state index in [1.54, 1.807) is 12.1 Å². The standard InChI is InChI=1S/C16H25N3O2S.ClH/c1-22(20,21)16-4-2-14(3-5-16)13-18-8-10-19(11-9-18)15-6-7-17-12-15;/h2-5,15,17H,6-13H2,1H3;1H. The number of halogens is 1. The van der Waals surface area contributed by atoms with Gasteiger partial charge in [-0.1, -0.05) is 12.1 Å². The molecule has 1 atom stereocenters. The fourth-order valence-corrected chi connectivity index (χ4v) is 3.97. The molecule has 0 saturated carbocycles. The van der Waals surface area contributed by atoms with Gasteiger partial charge in [0.1, 0.15) is 0 Å². The van der Waals surface area contributed by atoms with Crippen molar-refractivity contribution in [1.82, 2.24) is 15.1 Å². The van der Waals surface area contributed by atoms with E-state index >= 15 is 0 Å². The van der Waals surface area contributed by atoms with Crippen molar-refractivity contribution in [3.05, 3.63) is 29.8 Å². The zero-order valence-electron chi connectivity index (χ0n) is 13.6. The highest BCUT2D eigenvalue weighted by Crippen LogP contribution is 2.15. The molecule has 0 amide bonds. The topological polar surface area (TPSA) is 52.7 Å². The summed E-state index contributed by atoms with van der Waals surface area (Å²) < 4.78 is 23.0. The molecule has 0 aromatic heterocycles. The SMILES string of the molecule is CS(=O)(=O)c1ccc(CN2CCN(C3CCNC3)CC2)cc1.Cl. The van der Waals surface area contributed by atoms with Crippen LogP contribution in [0, 0.1) is 0 Å². The normalized spacial score (nSPS) is 23.6. The van der Waals surface area contributed by atoms with Gasteiger partial charge in [-0.25, -0.2) is 8.42 Å². The van der Waals surface area contributed by atoms with E-state index in [0.29, 0.717) is 4.90 Å². The minimum absolute atomic E-state index is 0. The van der Waals surface area contributed by atoms with Gasteiger partial charge >= 0.3 is 0 Å². The number of hydrogen-bond acceptors (Lipinski definition) is 5. The molecule has 7 heteroatoms. The van der Waals surface area contributed by atoms with Crippen molar-refractivity contribution in [3.63, 3.8) is 0 Å². The molecule has 0 radical (unpaired) electrons. The summed E-state index contributed by atoms with van der Waals surface area (Å²) in [6.45, 7) is 7.63. The van der Waals surface area contributed by atoms with Crippen LogP contribution in [-0.2, 0) is 16.4 Å². The van der Waals surface area contributed by atoms with Gasteiger partial charge in [-0.3, -0.25) is 9.80 Å². The molecule has 23 heavy (non-hydrogen) atoms. The molecule has 3 rings (SSSR count). The van der Waals surface area contributed by atoms with E-state index in [1.165, 1.54) is 18.2 Å². The number of sulfone groups is 1. The van der Waals surface area contributed by atoms with Crippen LogP contribution in [0.5, 0.6) is 0 Å². The van der Waals surface area contributed by atoms with Gasteiger partial charge in [0.2, 0.25) is 0 Å². The van der Waals surface area contributed by atoms with E-state index in [1.807, 2.05) is 12.1 Å². The molecule has 5 nitrogen and oxygen atoms in total. The Kier molecular flexibility index (Phi) is 6.45. The Hall–Kier alpha value is -0.660. The summed E-state index contributed by atoms with van der Waals surface area (Å²) in [7, 11) is -3.10. The van der Waals surface area contributed by atoms with Gasteiger partial charge in [-0.15, -0.1) is 12.4 Å². The lowest BCUT2D eigenvalue weighted by Crippen LogP contribution is -2.50. The Bertz CT molecular complexity index is 592. The van der Waals surface area contributed by atoms with Crippen molar-refractivity contribution in [2.24, 2.45) is 0 Å². The van der Waals surface area contributed by atoms with E-state index in [9.17, 15) is 8.42 Å². The first-order valence-corrected chi connectivity index (χ1v) is 9.87. The molecule has 1 aromatic carbocycles. The first kappa shape index (κ1) is 18.7. The second-order valence-corrected chi connectivity index (χ2v) is 8.39. The first-order chi connectivity index (χ1) is 10.5. The van der Waals surface area contributed by atoms with Crippen molar-refractivity contribution in [2.75, 3.05) is 45.5 Å². The van der Waals surface area contributed by atoms with E-state index in [-0.39, 0.29) is 12.4 Å². The van der Waals surface area contributed by atoms with E-state index in [4.69, 9.17) is 0 Å². The Morgan fingerprint density at radius 3 is 2.30 bits per heavy atom. The zero-order valence-corrected chi connectivity index (χ0v) is 15.2. The molecule has 2 fully saturated rings. The van der Waals surface area contributed by atoms with Crippen molar-refractivity contribution in [1.29, 1.82) is 0 Å². The Morgan fingerprint density at radius 1 is 1.13 bits per heavy atom. The summed E-state index contributed by atoms with van der Waals surface area (Å²) in [5, 5.41) is 3.43. The van der Waals surface area contributed by atoms with Gasteiger partial charge in [-0.05, 0) is 30.7 Å². The number of piperazine rings is 1. The Morgan fingerprint density at radius 2 is 1.78 bits per heavy atom. The molecule has 0 spiro atoms. The van der Waals surface area contributed by atoms with Crippen LogP contribution < -0.4 is 5.32 Å². The molecule has 1 N–H and O–H groups in total. The minimum Gasteiger partial charge on any atom is -0.315 e. The van der Waals surface area contributed by atoms with Gasteiger partial charge in [0.15, 0.2) is 9.84 Å². The van der Waals surface area contributed by atoms with Gasteiger partial charge in [0.05, 0.1) is 4.90 Å². The quantitative estimate of drug-likeness (QED) is 0.869. The molecule has 0 bridgehead atoms. The second kappa shape index (κ2) is 7.94. The zero-order chi connectivity index (χ0) is 15.6. The minimum atomic E-state index is -3.10. The van der Waals surface area contributed by atoms with Crippen LogP contribution in [0.1, 0.15) is 12.0 Å². The summed E-state index contributed by atoms with van der Waals surface area (Å²) in [4.78, 5) is 5.45. The third-order valence-corrected chi connectivity index (χ3v) is 5.84. The molecule has 0 aliphatic carbocycles. The van der Waals surface area contributed by atoms with Crippen LogP contribution in [0.15, 0.2) is 29.2 Å². The Balaban J connectivity index is 0.00000192. The number of benzene rings is 1. The summed E-state index contributed by atoms with van der Waals surface area (Å²) >= 11 is 0. The van der Waals surface area contributed by atoms with Crippen LogP contribution in [0.3, 0.4) is 0 Å². The number of nitrogens with zero attached hydrogens (tertiary/aromatic N) is 2. The number of nitrogens with one attached hydrogen (secondary N) is 1. The maximum Gasteiger partial charge on any atom is 0.175 e. The van der Waals surface area contributed by atoms with Crippen LogP contribution in [0.25, 0.3) is 0 Å². The van der Waals surface area contributed by atoms with E-state index in [2.05, 4.69) is 15.1 Å². The summed E-state index contributed by atoms with van der Waals surface area (Å²) in [6.07, 6.45) is 2.52. The van der Waals surface area contributed by atoms with Gasteiger partial charge in [-0.2, -0.15) is 0 Å². The molecule has 1 aromatic rings. The molecular weight excluding hydrogens is 334 g/mol. The molecule has 2 aliphatic heterocycles. The summed E-state index contributed by atoms with van der Waals surface area (Å²) in [5.41, 5.74) is 1.18. The molecule has 2 heterocycles. The maximum absolute atomic E-state index is 11.5. The highest BCUT2D eigenvalue weighted by atomic mass is 35.5. The molecule has 130 valence electrons. The smallest absolute Gasteiger partial charge is 0.175 e. The monoisotopic (exact) mass is 359 g/mol. The largest absolute Gasteiger partial charge is 0.315 e. The predicted molar refractivity (Wildman–Crippen MR) is 94.9 cm³/mol. The van der Waals surface area contributed by atoms with Crippen LogP contribution >= 0.6 is 12.4 Å². The number of rotatable bonds is 4. The lowest BCUT2D eigenvalue weighted by atomic mass is 10.1. The lowest BCUT2D eigenvalue weighted by Gasteiger charge is -2.37. The maximum atomic E-state index is 11.5. The molecular formula is C16H26ClN3O2S. The van der Waals surface area contributed by atoms with Crippen molar-refractivity contribution in [3.8, 4) is 0 Å². The van der Waals surface area contributed by atoms with Crippen LogP contribution in [-0.4, -0.2) is 69.8 Å². The van der Waals surface area contributed by atoms with E-state index in [0.717, 1.165) is 51.9 Å². The number of hydrogen-bond donors (Lipinski definition) is 1. The van der Waals surface area contributed by atoms with Gasteiger partial charge < -0.3 is 5.32 Å². The molecule has 1 unspecified atom stereocenters. The summed E-state index contributed by atoms with van der Waals surface area (Å²) in [5.74, 6) is 0. The average molecular weight is 360 g/mol. The van der Waals surface area contributed by atoms with Gasteiger partial charge in [0.25, 0.3) is 0 Å². The van der Waals surface area contributed by atoms with Crippen LogP contribution in [0.4, 0.5) is 0 Å². The highest BCUT2D eigenvalue weighted by molar-refractivity contribution is 7.90. The fraction of sp³-hybridized carbons (Fsp3) is 0.625. The van der Waals surface area contributed by atoms with Crippen molar-refractivity contribution >= 4 is 22.2 Å². The first-order valence-electron chi connectivity index (χ1n) is 7.98. The Labute approximate surface area is 145 Å². The third-order valence-electron chi connectivity index (χ3n) is 4.72. The third kappa shape index (κ3) is 4.90. The summed E-state index contributed by atoms with van der Waals surface area (Å²) in [6, 6.07) is 8.01. The highest BCUT2D eigenvalue weighted by Gasteiger charge is 2.25. The predicted octanol–water partition coefficient (Wildman–Crippen LogP) is 0.991. The van der Waals surface area contributed by atoms with Crippen molar-refractivity contribution in [2.45, 2.75) is 23.9 Å².